The van der Waals surface area contributed by atoms with Crippen molar-refractivity contribution in [2.24, 2.45) is 0 Å². The summed E-state index contributed by atoms with van der Waals surface area (Å²) in [5, 5.41) is 7.80. The van der Waals surface area contributed by atoms with E-state index in [2.05, 4.69) is 41.4 Å². The molecule has 0 aromatic carbocycles. The monoisotopic (exact) mass is 266 g/mol. The Hall–Kier alpha value is -0.810. The molecular formula is C13H22N4S. The van der Waals surface area contributed by atoms with Gasteiger partial charge >= 0.3 is 0 Å². The first kappa shape index (κ1) is 13.6. The fraction of sp³-hybridized carbons (Fsp3) is 0.692. The van der Waals surface area contributed by atoms with Crippen molar-refractivity contribution < 1.29 is 0 Å². The predicted molar refractivity (Wildman–Crippen MR) is 77.5 cm³/mol. The smallest absolute Gasteiger partial charge is 0.189 e. The summed E-state index contributed by atoms with van der Waals surface area (Å²) in [6.45, 7) is 8.50. The van der Waals surface area contributed by atoms with E-state index in [4.69, 9.17) is 0 Å². The van der Waals surface area contributed by atoms with Crippen LogP contribution >= 0.6 is 11.8 Å². The van der Waals surface area contributed by atoms with E-state index in [1.807, 2.05) is 6.26 Å². The topological polar surface area (TPSA) is 49.8 Å². The zero-order valence-electron chi connectivity index (χ0n) is 11.6. The van der Waals surface area contributed by atoms with E-state index in [1.165, 1.54) is 11.3 Å². The number of aromatic nitrogens is 2. The van der Waals surface area contributed by atoms with Gasteiger partial charge in [-0.3, -0.25) is 0 Å². The summed E-state index contributed by atoms with van der Waals surface area (Å²) < 4.78 is 0. The van der Waals surface area contributed by atoms with Crippen LogP contribution in [0.15, 0.2) is 5.16 Å². The second kappa shape index (κ2) is 5.45. The summed E-state index contributed by atoms with van der Waals surface area (Å²) >= 11 is 1.61. The van der Waals surface area contributed by atoms with E-state index >= 15 is 0 Å². The summed E-state index contributed by atoms with van der Waals surface area (Å²) in [6.07, 6.45) is 4.02. The van der Waals surface area contributed by atoms with Crippen molar-refractivity contribution >= 4 is 17.6 Å². The number of thioether (sulfide) groups is 1. The van der Waals surface area contributed by atoms with Crippen molar-refractivity contribution in [3.63, 3.8) is 0 Å². The first-order valence-electron chi connectivity index (χ1n) is 6.42. The average Bonchev–Trinajstić information content (AvgIpc) is 2.51. The van der Waals surface area contributed by atoms with Gasteiger partial charge in [-0.05, 0) is 40.0 Å². The highest BCUT2D eigenvalue weighted by Crippen LogP contribution is 2.25. The summed E-state index contributed by atoms with van der Waals surface area (Å²) in [6, 6.07) is 0. The maximum Gasteiger partial charge on any atom is 0.189 e. The molecule has 0 unspecified atom stereocenters. The van der Waals surface area contributed by atoms with Crippen LogP contribution in [0.3, 0.4) is 0 Å². The van der Waals surface area contributed by atoms with Gasteiger partial charge in [0.25, 0.3) is 0 Å². The summed E-state index contributed by atoms with van der Waals surface area (Å²) in [5.41, 5.74) is 2.51. The molecule has 0 radical (unpaired) electrons. The Morgan fingerprint density at radius 3 is 2.56 bits per heavy atom. The maximum absolute atomic E-state index is 4.65. The van der Waals surface area contributed by atoms with Crippen LogP contribution in [0.25, 0.3) is 0 Å². The quantitative estimate of drug-likeness (QED) is 0.634. The maximum atomic E-state index is 4.65. The van der Waals surface area contributed by atoms with Crippen LogP contribution in [0, 0.1) is 0 Å². The van der Waals surface area contributed by atoms with Gasteiger partial charge in [-0.25, -0.2) is 9.97 Å². The number of fused-ring (bicyclic) bond motifs is 1. The minimum Gasteiger partial charge on any atom is -0.365 e. The van der Waals surface area contributed by atoms with Gasteiger partial charge in [0.15, 0.2) is 5.16 Å². The van der Waals surface area contributed by atoms with Crippen LogP contribution in [0.5, 0.6) is 0 Å². The Bertz CT molecular complexity index is 426. The number of nitrogens with one attached hydrogen (secondary N) is 2. The van der Waals surface area contributed by atoms with Gasteiger partial charge in [-0.2, -0.15) is 0 Å². The predicted octanol–water partition coefficient (Wildman–Crippen LogP) is 2.10. The number of rotatable bonds is 2. The van der Waals surface area contributed by atoms with E-state index in [9.17, 15) is 0 Å². The average molecular weight is 266 g/mol. The molecule has 0 saturated heterocycles. The minimum absolute atomic E-state index is 0.0253. The van der Waals surface area contributed by atoms with E-state index in [0.29, 0.717) is 0 Å². The molecule has 2 heterocycles. The molecule has 0 amide bonds. The highest BCUT2D eigenvalue weighted by molar-refractivity contribution is 7.98. The summed E-state index contributed by atoms with van der Waals surface area (Å²) in [7, 11) is 0. The molecule has 1 aromatic heterocycles. The Kier molecular flexibility index (Phi) is 4.12. The SMILES string of the molecule is CSc1nc2c(c(NC(C)(C)C)n1)CCNCC2. The fourth-order valence-electron chi connectivity index (χ4n) is 2.07. The Labute approximate surface area is 113 Å². The molecule has 0 spiro atoms. The molecule has 0 fully saturated rings. The lowest BCUT2D eigenvalue weighted by Gasteiger charge is -2.24. The van der Waals surface area contributed by atoms with Crippen molar-refractivity contribution in [2.45, 2.75) is 44.3 Å². The molecule has 0 aliphatic carbocycles. The van der Waals surface area contributed by atoms with Gasteiger partial charge < -0.3 is 10.6 Å². The molecule has 1 aliphatic heterocycles. The lowest BCUT2D eigenvalue weighted by atomic mass is 10.1. The largest absolute Gasteiger partial charge is 0.365 e. The van der Waals surface area contributed by atoms with Crippen LogP contribution in [-0.2, 0) is 12.8 Å². The molecular weight excluding hydrogens is 244 g/mol. The third kappa shape index (κ3) is 3.36. The Morgan fingerprint density at radius 1 is 1.17 bits per heavy atom. The number of nitrogens with zero attached hydrogens (tertiary/aromatic N) is 2. The first-order valence-corrected chi connectivity index (χ1v) is 7.65. The van der Waals surface area contributed by atoms with Crippen molar-refractivity contribution in [2.75, 3.05) is 24.7 Å². The van der Waals surface area contributed by atoms with Crippen molar-refractivity contribution in [1.82, 2.24) is 15.3 Å². The van der Waals surface area contributed by atoms with Crippen molar-refractivity contribution in [1.29, 1.82) is 0 Å². The van der Waals surface area contributed by atoms with E-state index in [1.54, 1.807) is 11.8 Å². The van der Waals surface area contributed by atoms with Crippen molar-refractivity contribution in [3.8, 4) is 0 Å². The molecule has 1 aromatic rings. The normalized spacial score (nSPS) is 16.0. The molecule has 0 atom stereocenters. The third-order valence-corrected chi connectivity index (χ3v) is 3.39. The molecule has 1 aliphatic rings. The highest BCUT2D eigenvalue weighted by atomic mass is 32.2. The number of hydrogen-bond acceptors (Lipinski definition) is 5. The van der Waals surface area contributed by atoms with E-state index in [0.717, 1.165) is 36.9 Å². The zero-order chi connectivity index (χ0) is 13.2. The second-order valence-electron chi connectivity index (χ2n) is 5.61. The van der Waals surface area contributed by atoms with Gasteiger partial charge in [0.1, 0.15) is 5.82 Å². The molecule has 4 nitrogen and oxygen atoms in total. The third-order valence-electron chi connectivity index (χ3n) is 2.84. The van der Waals surface area contributed by atoms with Crippen LogP contribution in [0.2, 0.25) is 0 Å². The number of anilines is 1. The molecule has 5 heteroatoms. The Balaban J connectivity index is 2.42. The van der Waals surface area contributed by atoms with Crippen LogP contribution < -0.4 is 10.6 Å². The number of hydrogen-bond donors (Lipinski definition) is 2. The zero-order valence-corrected chi connectivity index (χ0v) is 12.4. The van der Waals surface area contributed by atoms with E-state index in [-0.39, 0.29) is 5.54 Å². The van der Waals surface area contributed by atoms with Crippen molar-refractivity contribution in [3.05, 3.63) is 11.3 Å². The fourth-order valence-corrected chi connectivity index (χ4v) is 2.46. The lowest BCUT2D eigenvalue weighted by molar-refractivity contribution is 0.625. The molecule has 2 N–H and O–H groups in total. The molecule has 2 rings (SSSR count). The van der Waals surface area contributed by atoms with Crippen LogP contribution in [-0.4, -0.2) is 34.9 Å². The van der Waals surface area contributed by atoms with Gasteiger partial charge in [0.05, 0.1) is 5.69 Å². The summed E-state index contributed by atoms with van der Waals surface area (Å²) in [5.74, 6) is 1.01. The van der Waals surface area contributed by atoms with Gasteiger partial charge in [-0.1, -0.05) is 11.8 Å². The van der Waals surface area contributed by atoms with Gasteiger partial charge in [0, 0.05) is 24.1 Å². The first-order chi connectivity index (χ1) is 8.49. The van der Waals surface area contributed by atoms with Gasteiger partial charge in [0.2, 0.25) is 0 Å². The highest BCUT2D eigenvalue weighted by Gasteiger charge is 2.19. The van der Waals surface area contributed by atoms with E-state index < -0.39 is 0 Å². The minimum atomic E-state index is 0.0253. The molecule has 0 saturated carbocycles. The van der Waals surface area contributed by atoms with Gasteiger partial charge in [-0.15, -0.1) is 0 Å². The Morgan fingerprint density at radius 2 is 1.89 bits per heavy atom. The molecule has 100 valence electrons. The van der Waals surface area contributed by atoms with Crippen LogP contribution in [0.4, 0.5) is 5.82 Å². The molecule has 18 heavy (non-hydrogen) atoms. The lowest BCUT2D eigenvalue weighted by Crippen LogP contribution is -2.28. The second-order valence-corrected chi connectivity index (χ2v) is 6.38. The standard InChI is InChI=1S/C13H22N4S/c1-13(2,3)17-11-9-5-7-14-8-6-10(9)15-12(16-11)18-4/h14H,5-8H2,1-4H3,(H,15,16,17). The van der Waals surface area contributed by atoms with Crippen LogP contribution in [0.1, 0.15) is 32.0 Å². The summed E-state index contributed by atoms with van der Waals surface area (Å²) in [4.78, 5) is 9.30. The molecule has 0 bridgehead atoms.